The van der Waals surface area contributed by atoms with E-state index in [0.29, 0.717) is 23.9 Å². The summed E-state index contributed by atoms with van der Waals surface area (Å²) in [6.45, 7) is 6.07. The first-order valence-electron chi connectivity index (χ1n) is 8.19. The van der Waals surface area contributed by atoms with Crippen LogP contribution in [0.2, 0.25) is 0 Å². The SMILES string of the molecule is C=CC(=O)NCc1ccccc1C(=O)N1CCC[C@@H]1c1nnc(C)o1. The maximum Gasteiger partial charge on any atom is 0.254 e. The second-order valence-electron chi connectivity index (χ2n) is 5.89. The Labute approximate surface area is 145 Å². The summed E-state index contributed by atoms with van der Waals surface area (Å²) in [4.78, 5) is 26.3. The number of aryl methyl sites for hydroxylation is 1. The summed E-state index contributed by atoms with van der Waals surface area (Å²) in [7, 11) is 0. The van der Waals surface area contributed by atoms with Crippen LogP contribution < -0.4 is 5.32 Å². The second kappa shape index (κ2) is 7.29. The van der Waals surface area contributed by atoms with Gasteiger partial charge in [0.1, 0.15) is 6.04 Å². The van der Waals surface area contributed by atoms with E-state index in [4.69, 9.17) is 4.42 Å². The summed E-state index contributed by atoms with van der Waals surface area (Å²) < 4.78 is 5.52. The van der Waals surface area contributed by atoms with Crippen LogP contribution in [0.25, 0.3) is 0 Å². The molecule has 1 N–H and O–H groups in total. The van der Waals surface area contributed by atoms with E-state index in [2.05, 4.69) is 22.1 Å². The summed E-state index contributed by atoms with van der Waals surface area (Å²) in [6, 6.07) is 7.05. The fourth-order valence-corrected chi connectivity index (χ4v) is 3.01. The molecule has 130 valence electrons. The molecule has 1 fully saturated rings. The van der Waals surface area contributed by atoms with Crippen molar-refractivity contribution >= 4 is 11.8 Å². The fraction of sp³-hybridized carbons (Fsp3) is 0.333. The summed E-state index contributed by atoms with van der Waals surface area (Å²) in [6.07, 6.45) is 2.88. The summed E-state index contributed by atoms with van der Waals surface area (Å²) in [5.41, 5.74) is 1.32. The molecule has 0 saturated carbocycles. The van der Waals surface area contributed by atoms with Crippen molar-refractivity contribution in [1.82, 2.24) is 20.4 Å². The Bertz CT molecular complexity index is 799. The third-order valence-electron chi connectivity index (χ3n) is 4.23. The fourth-order valence-electron chi connectivity index (χ4n) is 3.01. The highest BCUT2D eigenvalue weighted by atomic mass is 16.4. The van der Waals surface area contributed by atoms with Crippen LogP contribution in [0.1, 0.15) is 46.6 Å². The Morgan fingerprint density at radius 2 is 2.20 bits per heavy atom. The molecule has 7 heteroatoms. The molecule has 0 spiro atoms. The number of amides is 2. The number of rotatable bonds is 5. The van der Waals surface area contributed by atoms with Gasteiger partial charge in [0.15, 0.2) is 0 Å². The summed E-state index contributed by atoms with van der Waals surface area (Å²) >= 11 is 0. The maximum absolute atomic E-state index is 13.1. The second-order valence-corrected chi connectivity index (χ2v) is 5.89. The highest BCUT2D eigenvalue weighted by Gasteiger charge is 2.34. The third-order valence-corrected chi connectivity index (χ3v) is 4.23. The average Bonchev–Trinajstić information content (AvgIpc) is 3.27. The van der Waals surface area contributed by atoms with Crippen molar-refractivity contribution in [3.63, 3.8) is 0 Å². The van der Waals surface area contributed by atoms with Crippen LogP contribution in [-0.4, -0.2) is 33.5 Å². The number of nitrogens with one attached hydrogen (secondary N) is 1. The van der Waals surface area contributed by atoms with E-state index in [-0.39, 0.29) is 24.4 Å². The molecule has 0 bridgehead atoms. The zero-order chi connectivity index (χ0) is 17.8. The number of carbonyl (C=O) groups excluding carboxylic acids is 2. The molecule has 25 heavy (non-hydrogen) atoms. The molecule has 1 aliphatic heterocycles. The number of nitrogens with zero attached hydrogens (tertiary/aromatic N) is 3. The number of aromatic nitrogens is 2. The van der Waals surface area contributed by atoms with Crippen molar-refractivity contribution in [2.24, 2.45) is 0 Å². The van der Waals surface area contributed by atoms with Crippen LogP contribution in [0, 0.1) is 6.92 Å². The van der Waals surface area contributed by atoms with Crippen LogP contribution in [-0.2, 0) is 11.3 Å². The van der Waals surface area contributed by atoms with Gasteiger partial charge in [-0.15, -0.1) is 10.2 Å². The lowest BCUT2D eigenvalue weighted by atomic mass is 10.1. The topological polar surface area (TPSA) is 88.3 Å². The predicted octanol–water partition coefficient (Wildman–Crippen LogP) is 2.16. The molecule has 7 nitrogen and oxygen atoms in total. The molecule has 0 unspecified atom stereocenters. The Kier molecular flexibility index (Phi) is 4.92. The van der Waals surface area contributed by atoms with Gasteiger partial charge in [0.2, 0.25) is 17.7 Å². The van der Waals surface area contributed by atoms with E-state index in [0.717, 1.165) is 18.4 Å². The molecule has 1 aromatic heterocycles. The minimum absolute atomic E-state index is 0.0956. The van der Waals surface area contributed by atoms with E-state index in [1.165, 1.54) is 6.08 Å². The molecule has 2 aromatic rings. The zero-order valence-corrected chi connectivity index (χ0v) is 14.1. The lowest BCUT2D eigenvalue weighted by Gasteiger charge is -2.23. The van der Waals surface area contributed by atoms with Crippen LogP contribution in [0.3, 0.4) is 0 Å². The van der Waals surface area contributed by atoms with E-state index in [9.17, 15) is 9.59 Å². The van der Waals surface area contributed by atoms with Gasteiger partial charge in [-0.25, -0.2) is 0 Å². The van der Waals surface area contributed by atoms with Crippen molar-refractivity contribution in [2.75, 3.05) is 6.54 Å². The van der Waals surface area contributed by atoms with Gasteiger partial charge in [-0.2, -0.15) is 0 Å². The van der Waals surface area contributed by atoms with Crippen LogP contribution >= 0.6 is 0 Å². The number of carbonyl (C=O) groups is 2. The van der Waals surface area contributed by atoms with Gasteiger partial charge in [-0.1, -0.05) is 24.8 Å². The quantitative estimate of drug-likeness (QED) is 0.843. The first-order chi connectivity index (χ1) is 12.1. The third kappa shape index (κ3) is 3.60. The Hall–Kier alpha value is -2.96. The number of benzene rings is 1. The molecule has 0 aliphatic carbocycles. The van der Waals surface area contributed by atoms with Gasteiger partial charge in [0.05, 0.1) is 0 Å². The standard InChI is InChI=1S/C18H20N4O3/c1-3-16(23)19-11-13-7-4-5-8-14(13)18(24)22-10-6-9-15(22)17-21-20-12(2)25-17/h3-5,7-8,15H,1,6,9-11H2,2H3,(H,19,23)/t15-/m1/s1. The highest BCUT2D eigenvalue weighted by molar-refractivity contribution is 5.96. The molecule has 2 heterocycles. The van der Waals surface area contributed by atoms with Crippen molar-refractivity contribution in [3.8, 4) is 0 Å². The average molecular weight is 340 g/mol. The van der Waals surface area contributed by atoms with Crippen molar-refractivity contribution < 1.29 is 14.0 Å². The first-order valence-corrected chi connectivity index (χ1v) is 8.19. The van der Waals surface area contributed by atoms with E-state index >= 15 is 0 Å². The molecule has 1 atom stereocenters. The Balaban J connectivity index is 1.82. The molecule has 1 aliphatic rings. The van der Waals surface area contributed by atoms with E-state index in [1.54, 1.807) is 17.9 Å². The Morgan fingerprint density at radius 3 is 2.92 bits per heavy atom. The highest BCUT2D eigenvalue weighted by Crippen LogP contribution is 2.32. The predicted molar refractivity (Wildman–Crippen MR) is 90.5 cm³/mol. The monoisotopic (exact) mass is 340 g/mol. The van der Waals surface area contributed by atoms with Crippen molar-refractivity contribution in [3.05, 3.63) is 59.8 Å². The molecule has 1 saturated heterocycles. The Morgan fingerprint density at radius 1 is 1.40 bits per heavy atom. The van der Waals surface area contributed by atoms with E-state index in [1.807, 2.05) is 18.2 Å². The van der Waals surface area contributed by atoms with Crippen molar-refractivity contribution in [2.45, 2.75) is 32.4 Å². The molecule has 0 radical (unpaired) electrons. The van der Waals surface area contributed by atoms with Crippen LogP contribution in [0.15, 0.2) is 41.3 Å². The van der Waals surface area contributed by atoms with Gasteiger partial charge in [0, 0.05) is 25.6 Å². The smallest absolute Gasteiger partial charge is 0.254 e. The van der Waals surface area contributed by atoms with E-state index < -0.39 is 0 Å². The van der Waals surface area contributed by atoms with Gasteiger partial charge < -0.3 is 14.6 Å². The molecule has 1 aromatic carbocycles. The van der Waals surface area contributed by atoms with Crippen LogP contribution in [0.5, 0.6) is 0 Å². The molecule has 3 rings (SSSR count). The van der Waals surface area contributed by atoms with Gasteiger partial charge >= 0.3 is 0 Å². The molecule has 2 amide bonds. The largest absolute Gasteiger partial charge is 0.423 e. The number of likely N-dealkylation sites (tertiary alicyclic amines) is 1. The lowest BCUT2D eigenvalue weighted by molar-refractivity contribution is -0.116. The van der Waals surface area contributed by atoms with Gasteiger partial charge in [-0.05, 0) is 30.5 Å². The minimum atomic E-state index is -0.275. The number of hydrogen-bond acceptors (Lipinski definition) is 5. The lowest BCUT2D eigenvalue weighted by Crippen LogP contribution is -2.32. The normalized spacial score (nSPS) is 16.7. The van der Waals surface area contributed by atoms with Gasteiger partial charge in [-0.3, -0.25) is 9.59 Å². The molecular formula is C18H20N4O3. The molecular weight excluding hydrogens is 320 g/mol. The van der Waals surface area contributed by atoms with Crippen LogP contribution in [0.4, 0.5) is 0 Å². The number of hydrogen-bond donors (Lipinski definition) is 1. The van der Waals surface area contributed by atoms with Crippen molar-refractivity contribution in [1.29, 1.82) is 0 Å². The summed E-state index contributed by atoms with van der Waals surface area (Å²) in [5, 5.41) is 10.6. The summed E-state index contributed by atoms with van der Waals surface area (Å²) in [5.74, 6) is 0.590. The minimum Gasteiger partial charge on any atom is -0.423 e. The first kappa shape index (κ1) is 16.9. The maximum atomic E-state index is 13.1. The van der Waals surface area contributed by atoms with Gasteiger partial charge in [0.25, 0.3) is 5.91 Å². The zero-order valence-electron chi connectivity index (χ0n) is 14.1.